The van der Waals surface area contributed by atoms with E-state index < -0.39 is 0 Å². The molecule has 7 nitrogen and oxygen atoms in total. The SMILES string of the molecule is O=C(c1ccccc1)N1CC[C@@H](c2ccnc(Nc3ncccn3)n2)C1. The number of aromatic nitrogens is 4. The lowest BCUT2D eigenvalue weighted by atomic mass is 10.1. The smallest absolute Gasteiger partial charge is 0.253 e. The van der Waals surface area contributed by atoms with E-state index in [1.54, 1.807) is 24.7 Å². The molecule has 1 aliphatic rings. The molecule has 26 heavy (non-hydrogen) atoms. The highest BCUT2D eigenvalue weighted by Crippen LogP contribution is 2.27. The Kier molecular flexibility index (Phi) is 4.51. The van der Waals surface area contributed by atoms with E-state index in [1.807, 2.05) is 41.3 Å². The van der Waals surface area contributed by atoms with Gasteiger partial charge in [-0.15, -0.1) is 0 Å². The average Bonchev–Trinajstić information content (AvgIpc) is 3.19. The minimum absolute atomic E-state index is 0.0678. The molecule has 1 atom stereocenters. The third-order valence-corrected chi connectivity index (χ3v) is 4.38. The van der Waals surface area contributed by atoms with E-state index in [9.17, 15) is 4.79 Å². The maximum Gasteiger partial charge on any atom is 0.253 e. The van der Waals surface area contributed by atoms with Crippen LogP contribution in [0.1, 0.15) is 28.4 Å². The van der Waals surface area contributed by atoms with Crippen LogP contribution in [0.4, 0.5) is 11.9 Å². The lowest BCUT2D eigenvalue weighted by molar-refractivity contribution is 0.0790. The molecule has 1 N–H and O–H groups in total. The van der Waals surface area contributed by atoms with Gasteiger partial charge in [0.2, 0.25) is 11.9 Å². The molecule has 3 aromatic rings. The maximum absolute atomic E-state index is 12.6. The third kappa shape index (κ3) is 3.51. The summed E-state index contributed by atoms with van der Waals surface area (Å²) in [5.41, 5.74) is 1.64. The standard InChI is InChI=1S/C19H18N6O/c26-17(14-5-2-1-3-6-14)25-12-8-15(13-25)16-7-11-22-19(23-16)24-18-20-9-4-10-21-18/h1-7,9-11,15H,8,12-13H2,(H,20,21,22,23,24)/t15-/m1/s1. The van der Waals surface area contributed by atoms with Gasteiger partial charge in [0.15, 0.2) is 0 Å². The molecule has 1 fully saturated rings. The number of anilines is 2. The molecule has 1 aromatic carbocycles. The van der Waals surface area contributed by atoms with Crippen molar-refractivity contribution in [1.29, 1.82) is 0 Å². The van der Waals surface area contributed by atoms with Crippen molar-refractivity contribution < 1.29 is 4.79 Å². The summed E-state index contributed by atoms with van der Waals surface area (Å²) in [7, 11) is 0. The molecule has 2 aromatic heterocycles. The van der Waals surface area contributed by atoms with Crippen molar-refractivity contribution in [2.24, 2.45) is 0 Å². The van der Waals surface area contributed by atoms with Crippen molar-refractivity contribution in [3.05, 3.63) is 72.3 Å². The van der Waals surface area contributed by atoms with Crippen LogP contribution in [-0.2, 0) is 0 Å². The van der Waals surface area contributed by atoms with E-state index >= 15 is 0 Å². The zero-order valence-electron chi connectivity index (χ0n) is 14.1. The predicted octanol–water partition coefficient (Wildman–Crippen LogP) is 2.64. The summed E-state index contributed by atoms with van der Waals surface area (Å²) in [6.45, 7) is 1.39. The molecule has 0 unspecified atom stereocenters. The number of nitrogens with zero attached hydrogens (tertiary/aromatic N) is 5. The van der Waals surface area contributed by atoms with Crippen molar-refractivity contribution in [2.45, 2.75) is 12.3 Å². The van der Waals surface area contributed by atoms with Crippen molar-refractivity contribution in [3.63, 3.8) is 0 Å². The van der Waals surface area contributed by atoms with E-state index in [0.717, 1.165) is 24.2 Å². The molecule has 4 rings (SSSR count). The largest absolute Gasteiger partial charge is 0.338 e. The number of carbonyl (C=O) groups excluding carboxylic acids is 1. The Labute approximate surface area is 151 Å². The van der Waals surface area contributed by atoms with Crippen LogP contribution >= 0.6 is 0 Å². The van der Waals surface area contributed by atoms with Crippen LogP contribution in [0.5, 0.6) is 0 Å². The summed E-state index contributed by atoms with van der Waals surface area (Å²) in [5, 5.41) is 3.00. The second-order valence-corrected chi connectivity index (χ2v) is 6.11. The molecule has 1 aliphatic heterocycles. The van der Waals surface area contributed by atoms with Crippen LogP contribution in [0.25, 0.3) is 0 Å². The van der Waals surface area contributed by atoms with Gasteiger partial charge in [-0.05, 0) is 30.7 Å². The van der Waals surface area contributed by atoms with Crippen molar-refractivity contribution in [2.75, 3.05) is 18.4 Å². The second-order valence-electron chi connectivity index (χ2n) is 6.11. The fourth-order valence-electron chi connectivity index (χ4n) is 3.07. The first kappa shape index (κ1) is 16.1. The summed E-state index contributed by atoms with van der Waals surface area (Å²) >= 11 is 0. The van der Waals surface area contributed by atoms with E-state index in [2.05, 4.69) is 25.3 Å². The third-order valence-electron chi connectivity index (χ3n) is 4.38. The van der Waals surface area contributed by atoms with Crippen molar-refractivity contribution in [3.8, 4) is 0 Å². The maximum atomic E-state index is 12.6. The summed E-state index contributed by atoms with van der Waals surface area (Å²) < 4.78 is 0. The zero-order valence-corrected chi connectivity index (χ0v) is 14.1. The Morgan fingerprint density at radius 1 is 0.962 bits per heavy atom. The number of amides is 1. The lowest BCUT2D eigenvalue weighted by Gasteiger charge is -2.16. The first-order chi connectivity index (χ1) is 12.8. The number of rotatable bonds is 4. The Hall–Kier alpha value is -3.35. The fraction of sp³-hybridized carbons (Fsp3) is 0.211. The number of benzene rings is 1. The van der Waals surface area contributed by atoms with Gasteiger partial charge in [-0.1, -0.05) is 18.2 Å². The van der Waals surface area contributed by atoms with Gasteiger partial charge in [0.05, 0.1) is 5.69 Å². The highest BCUT2D eigenvalue weighted by Gasteiger charge is 2.29. The van der Waals surface area contributed by atoms with E-state index in [0.29, 0.717) is 18.4 Å². The van der Waals surface area contributed by atoms with Gasteiger partial charge in [-0.3, -0.25) is 10.1 Å². The minimum Gasteiger partial charge on any atom is -0.338 e. The van der Waals surface area contributed by atoms with E-state index in [1.165, 1.54) is 0 Å². The molecule has 7 heteroatoms. The summed E-state index contributed by atoms with van der Waals surface area (Å²) in [6.07, 6.45) is 5.92. The average molecular weight is 346 g/mol. The molecular weight excluding hydrogens is 328 g/mol. The molecular formula is C19H18N6O. The Morgan fingerprint density at radius 2 is 1.73 bits per heavy atom. The quantitative estimate of drug-likeness (QED) is 0.782. The second kappa shape index (κ2) is 7.26. The number of hydrogen-bond donors (Lipinski definition) is 1. The number of hydrogen-bond acceptors (Lipinski definition) is 6. The molecule has 130 valence electrons. The monoisotopic (exact) mass is 346 g/mol. The van der Waals surface area contributed by atoms with Gasteiger partial charge >= 0.3 is 0 Å². The summed E-state index contributed by atoms with van der Waals surface area (Å²) in [4.78, 5) is 31.5. The molecule has 1 amide bonds. The Balaban J connectivity index is 1.45. The highest BCUT2D eigenvalue weighted by molar-refractivity contribution is 5.94. The molecule has 0 spiro atoms. The van der Waals surface area contributed by atoms with Crippen molar-refractivity contribution in [1.82, 2.24) is 24.8 Å². The molecule has 3 heterocycles. The van der Waals surface area contributed by atoms with Gasteiger partial charge in [0, 0.05) is 43.2 Å². The zero-order chi connectivity index (χ0) is 17.8. The van der Waals surface area contributed by atoms with Gasteiger partial charge in [0.25, 0.3) is 5.91 Å². The van der Waals surface area contributed by atoms with Crippen LogP contribution in [0, 0.1) is 0 Å². The summed E-state index contributed by atoms with van der Waals surface area (Å²) in [6, 6.07) is 13.0. The van der Waals surface area contributed by atoms with Crippen LogP contribution < -0.4 is 5.32 Å². The summed E-state index contributed by atoms with van der Waals surface area (Å²) in [5.74, 6) is 1.18. The van der Waals surface area contributed by atoms with E-state index in [-0.39, 0.29) is 11.8 Å². The van der Waals surface area contributed by atoms with Crippen LogP contribution in [-0.4, -0.2) is 43.8 Å². The molecule has 0 aliphatic carbocycles. The minimum atomic E-state index is 0.0678. The highest BCUT2D eigenvalue weighted by atomic mass is 16.2. The van der Waals surface area contributed by atoms with Gasteiger partial charge in [-0.25, -0.2) is 19.9 Å². The van der Waals surface area contributed by atoms with Crippen LogP contribution in [0.15, 0.2) is 61.1 Å². The van der Waals surface area contributed by atoms with E-state index in [4.69, 9.17) is 0 Å². The topological polar surface area (TPSA) is 83.9 Å². The first-order valence-electron chi connectivity index (χ1n) is 8.51. The Morgan fingerprint density at radius 3 is 2.54 bits per heavy atom. The van der Waals surface area contributed by atoms with Crippen LogP contribution in [0.2, 0.25) is 0 Å². The number of likely N-dealkylation sites (tertiary alicyclic amines) is 1. The first-order valence-corrected chi connectivity index (χ1v) is 8.51. The fourth-order valence-corrected chi connectivity index (χ4v) is 3.07. The lowest BCUT2D eigenvalue weighted by Crippen LogP contribution is -2.28. The normalized spacial score (nSPS) is 16.5. The number of carbonyl (C=O) groups is 1. The predicted molar refractivity (Wildman–Crippen MR) is 97.1 cm³/mol. The van der Waals surface area contributed by atoms with Crippen molar-refractivity contribution >= 4 is 17.8 Å². The Bertz CT molecular complexity index is 887. The van der Waals surface area contributed by atoms with Gasteiger partial charge in [0.1, 0.15) is 0 Å². The molecule has 0 saturated carbocycles. The molecule has 0 radical (unpaired) electrons. The van der Waals surface area contributed by atoms with Crippen LogP contribution in [0.3, 0.4) is 0 Å². The number of nitrogens with one attached hydrogen (secondary N) is 1. The van der Waals surface area contributed by atoms with Gasteiger partial charge < -0.3 is 4.90 Å². The van der Waals surface area contributed by atoms with Gasteiger partial charge in [-0.2, -0.15) is 0 Å². The molecule has 0 bridgehead atoms. The molecule has 1 saturated heterocycles.